The van der Waals surface area contributed by atoms with Crippen molar-refractivity contribution < 1.29 is 14.3 Å². The summed E-state index contributed by atoms with van der Waals surface area (Å²) in [5.74, 6) is 1.23. The van der Waals surface area contributed by atoms with E-state index >= 15 is 0 Å². The Labute approximate surface area is 190 Å². The van der Waals surface area contributed by atoms with Gasteiger partial charge in [-0.1, -0.05) is 24.3 Å². The number of carbonyl (C=O) groups is 1. The minimum absolute atomic E-state index is 0.0940. The van der Waals surface area contributed by atoms with Crippen molar-refractivity contribution in [1.82, 2.24) is 0 Å². The Morgan fingerprint density at radius 3 is 2.42 bits per heavy atom. The molecule has 0 aromatic heterocycles. The Kier molecular flexibility index (Phi) is 6.59. The molecular formula is C23H21N3O3S2. The summed E-state index contributed by atoms with van der Waals surface area (Å²) in [7, 11) is 0. The molecule has 0 bridgehead atoms. The van der Waals surface area contributed by atoms with Gasteiger partial charge in [0.25, 0.3) is 0 Å². The van der Waals surface area contributed by atoms with Crippen molar-refractivity contribution in [3.8, 4) is 11.5 Å². The molecule has 1 amide bonds. The first-order valence-corrected chi connectivity index (χ1v) is 11.0. The number of thioether (sulfide) groups is 1. The summed E-state index contributed by atoms with van der Waals surface area (Å²) in [4.78, 5) is 13.6. The van der Waals surface area contributed by atoms with Crippen molar-refractivity contribution in [3.05, 3.63) is 72.8 Å². The molecule has 1 aliphatic heterocycles. The predicted octanol–water partition coefficient (Wildman–Crippen LogP) is 5.34. The number of thiocarbonyl (C=S) groups is 1. The van der Waals surface area contributed by atoms with Gasteiger partial charge in [-0.3, -0.25) is 4.79 Å². The lowest BCUT2D eigenvalue weighted by atomic mass is 10.2. The number of carbonyl (C=O) groups excluding carboxylic acids is 1. The molecule has 0 spiro atoms. The molecule has 3 aromatic rings. The van der Waals surface area contributed by atoms with Crippen LogP contribution in [0.3, 0.4) is 0 Å². The van der Waals surface area contributed by atoms with Gasteiger partial charge in [0.15, 0.2) is 16.6 Å². The maximum absolute atomic E-state index is 12.6. The SMILES string of the molecule is CC(Sc1cccc(NC(=S)Nc2ccccc2)c1)C(=O)Nc1ccc2c(c1)OCO2. The molecule has 31 heavy (non-hydrogen) atoms. The molecular weight excluding hydrogens is 430 g/mol. The van der Waals surface area contributed by atoms with Crippen molar-refractivity contribution >= 4 is 52.1 Å². The predicted molar refractivity (Wildman–Crippen MR) is 129 cm³/mol. The minimum atomic E-state index is -0.296. The van der Waals surface area contributed by atoms with E-state index in [9.17, 15) is 4.79 Å². The number of anilines is 3. The second kappa shape index (κ2) is 9.72. The van der Waals surface area contributed by atoms with E-state index in [1.807, 2.05) is 61.5 Å². The fourth-order valence-corrected chi connectivity index (χ4v) is 4.10. The van der Waals surface area contributed by atoms with Gasteiger partial charge in [0, 0.05) is 28.0 Å². The molecule has 3 N–H and O–H groups in total. The van der Waals surface area contributed by atoms with Crippen LogP contribution in [0.15, 0.2) is 77.7 Å². The van der Waals surface area contributed by atoms with E-state index in [0.29, 0.717) is 22.3 Å². The van der Waals surface area contributed by atoms with E-state index in [1.54, 1.807) is 18.2 Å². The minimum Gasteiger partial charge on any atom is -0.454 e. The standard InChI is InChI=1S/C23H21N3O3S2/c1-15(22(27)24-18-10-11-20-21(13-18)29-14-28-20)31-19-9-5-8-17(12-19)26-23(30)25-16-6-3-2-4-7-16/h2-13,15H,14H2,1H3,(H,24,27)(H2,25,26,30). The third-order valence-corrected chi connectivity index (χ3v) is 5.74. The molecule has 0 radical (unpaired) electrons. The van der Waals surface area contributed by atoms with E-state index in [2.05, 4.69) is 16.0 Å². The summed E-state index contributed by atoms with van der Waals surface area (Å²) in [5.41, 5.74) is 2.44. The number of hydrogen-bond donors (Lipinski definition) is 3. The second-order valence-electron chi connectivity index (χ2n) is 6.79. The quantitative estimate of drug-likeness (QED) is 0.345. The van der Waals surface area contributed by atoms with E-state index in [-0.39, 0.29) is 18.0 Å². The Morgan fingerprint density at radius 1 is 0.871 bits per heavy atom. The number of para-hydroxylation sites is 1. The average molecular weight is 452 g/mol. The zero-order chi connectivity index (χ0) is 21.6. The summed E-state index contributed by atoms with van der Waals surface area (Å²) >= 11 is 6.86. The largest absolute Gasteiger partial charge is 0.454 e. The zero-order valence-electron chi connectivity index (χ0n) is 16.8. The molecule has 1 aliphatic rings. The van der Waals surface area contributed by atoms with Crippen molar-refractivity contribution in [1.29, 1.82) is 0 Å². The van der Waals surface area contributed by atoms with Gasteiger partial charge >= 0.3 is 0 Å². The highest BCUT2D eigenvalue weighted by molar-refractivity contribution is 8.00. The van der Waals surface area contributed by atoms with Gasteiger partial charge in [-0.15, -0.1) is 11.8 Å². The highest BCUT2D eigenvalue weighted by atomic mass is 32.2. The first-order valence-electron chi connectivity index (χ1n) is 9.67. The molecule has 0 saturated heterocycles. The lowest BCUT2D eigenvalue weighted by Gasteiger charge is -2.14. The van der Waals surface area contributed by atoms with Crippen molar-refractivity contribution in [2.24, 2.45) is 0 Å². The number of nitrogens with one attached hydrogen (secondary N) is 3. The van der Waals surface area contributed by atoms with Crippen molar-refractivity contribution in [2.75, 3.05) is 22.7 Å². The Balaban J connectivity index is 1.33. The fourth-order valence-electron chi connectivity index (χ4n) is 2.94. The number of benzene rings is 3. The smallest absolute Gasteiger partial charge is 0.237 e. The van der Waals surface area contributed by atoms with Crippen LogP contribution in [0, 0.1) is 0 Å². The molecule has 4 rings (SSSR count). The lowest BCUT2D eigenvalue weighted by Crippen LogP contribution is -2.22. The first-order chi connectivity index (χ1) is 15.1. The maximum Gasteiger partial charge on any atom is 0.237 e. The molecule has 3 aromatic carbocycles. The van der Waals surface area contributed by atoms with E-state index in [4.69, 9.17) is 21.7 Å². The lowest BCUT2D eigenvalue weighted by molar-refractivity contribution is -0.115. The van der Waals surface area contributed by atoms with Crippen LogP contribution in [0.5, 0.6) is 11.5 Å². The molecule has 1 atom stereocenters. The van der Waals surface area contributed by atoms with Crippen LogP contribution in [0.2, 0.25) is 0 Å². The van der Waals surface area contributed by atoms with Crippen LogP contribution in [0.25, 0.3) is 0 Å². The highest BCUT2D eigenvalue weighted by Gasteiger charge is 2.18. The third kappa shape index (κ3) is 5.68. The molecule has 1 heterocycles. The van der Waals surface area contributed by atoms with Crippen molar-refractivity contribution in [2.45, 2.75) is 17.1 Å². The van der Waals surface area contributed by atoms with Gasteiger partial charge in [-0.2, -0.15) is 0 Å². The van der Waals surface area contributed by atoms with E-state index < -0.39 is 0 Å². The molecule has 8 heteroatoms. The summed E-state index contributed by atoms with van der Waals surface area (Å²) in [6.45, 7) is 2.07. The van der Waals surface area contributed by atoms with Gasteiger partial charge in [0.2, 0.25) is 12.7 Å². The zero-order valence-corrected chi connectivity index (χ0v) is 18.4. The van der Waals surface area contributed by atoms with Crippen LogP contribution in [-0.2, 0) is 4.79 Å². The molecule has 0 fully saturated rings. The number of fused-ring (bicyclic) bond motifs is 1. The summed E-state index contributed by atoms with van der Waals surface area (Å²) in [5, 5.41) is 9.45. The normalized spacial score (nSPS) is 12.7. The molecule has 158 valence electrons. The Morgan fingerprint density at radius 2 is 1.58 bits per heavy atom. The number of hydrogen-bond acceptors (Lipinski definition) is 5. The summed E-state index contributed by atoms with van der Waals surface area (Å²) < 4.78 is 10.7. The Hall–Kier alpha value is -3.23. The van der Waals surface area contributed by atoms with Gasteiger partial charge in [0.05, 0.1) is 5.25 Å². The third-order valence-electron chi connectivity index (χ3n) is 4.45. The molecule has 0 aliphatic carbocycles. The molecule has 6 nitrogen and oxygen atoms in total. The fraction of sp³-hybridized carbons (Fsp3) is 0.130. The number of ether oxygens (including phenoxy) is 2. The van der Waals surface area contributed by atoms with Crippen LogP contribution in [-0.4, -0.2) is 23.1 Å². The van der Waals surface area contributed by atoms with E-state index in [0.717, 1.165) is 16.3 Å². The van der Waals surface area contributed by atoms with Crippen LogP contribution < -0.4 is 25.4 Å². The monoisotopic (exact) mass is 451 g/mol. The first kappa shape index (κ1) is 21.0. The van der Waals surface area contributed by atoms with Gasteiger partial charge in [0.1, 0.15) is 0 Å². The van der Waals surface area contributed by atoms with Gasteiger partial charge < -0.3 is 25.4 Å². The van der Waals surface area contributed by atoms with Gasteiger partial charge in [-0.25, -0.2) is 0 Å². The number of amides is 1. The van der Waals surface area contributed by atoms with Crippen LogP contribution in [0.4, 0.5) is 17.1 Å². The highest BCUT2D eigenvalue weighted by Crippen LogP contribution is 2.34. The second-order valence-corrected chi connectivity index (χ2v) is 8.61. The maximum atomic E-state index is 12.6. The number of rotatable bonds is 6. The average Bonchev–Trinajstić information content (AvgIpc) is 3.22. The van der Waals surface area contributed by atoms with Crippen LogP contribution in [0.1, 0.15) is 6.92 Å². The topological polar surface area (TPSA) is 71.6 Å². The summed E-state index contributed by atoms with van der Waals surface area (Å²) in [6.07, 6.45) is 0. The van der Waals surface area contributed by atoms with E-state index in [1.165, 1.54) is 11.8 Å². The molecule has 0 saturated carbocycles. The van der Waals surface area contributed by atoms with Crippen molar-refractivity contribution in [3.63, 3.8) is 0 Å². The van der Waals surface area contributed by atoms with Gasteiger partial charge in [-0.05, 0) is 61.6 Å². The summed E-state index contributed by atoms with van der Waals surface area (Å²) in [6, 6.07) is 22.9. The van der Waals surface area contributed by atoms with Crippen LogP contribution >= 0.6 is 24.0 Å². The Bertz CT molecular complexity index is 1090. The molecule has 1 unspecified atom stereocenters.